The van der Waals surface area contributed by atoms with E-state index in [2.05, 4.69) is 77.8 Å². The summed E-state index contributed by atoms with van der Waals surface area (Å²) in [6.07, 6.45) is 3.40. The van der Waals surface area contributed by atoms with E-state index in [1.54, 1.807) is 13.3 Å². The molecule has 0 aliphatic rings. The molecule has 1 aromatic heterocycles. The lowest BCUT2D eigenvalue weighted by Crippen LogP contribution is -2.17. The number of aromatic nitrogens is 2. The van der Waals surface area contributed by atoms with Crippen molar-refractivity contribution in [3.63, 3.8) is 0 Å². The summed E-state index contributed by atoms with van der Waals surface area (Å²) >= 11 is 0. The van der Waals surface area contributed by atoms with Crippen LogP contribution in [0.2, 0.25) is 0 Å². The van der Waals surface area contributed by atoms with Crippen LogP contribution in [0.15, 0.2) is 54.9 Å². The number of nitrogens with one attached hydrogen (secondary N) is 2. The van der Waals surface area contributed by atoms with Gasteiger partial charge in [0.2, 0.25) is 0 Å². The van der Waals surface area contributed by atoms with Crippen LogP contribution in [0.5, 0.6) is 5.75 Å². The normalized spacial score (nSPS) is 11.6. The molecule has 8 nitrogen and oxygen atoms in total. The molecule has 3 rings (SSSR count). The predicted octanol–water partition coefficient (Wildman–Crippen LogP) is 5.99. The molecule has 0 spiro atoms. The number of ether oxygens (including phenoxy) is 2. The number of benzene rings is 2. The Bertz CT molecular complexity index is 1120. The third-order valence-corrected chi connectivity index (χ3v) is 5.56. The molecule has 3 aromatic rings. The van der Waals surface area contributed by atoms with Crippen molar-refractivity contribution in [2.75, 3.05) is 43.3 Å². The van der Waals surface area contributed by atoms with E-state index in [1.807, 2.05) is 25.1 Å². The Balaban J connectivity index is 1.64. The van der Waals surface area contributed by atoms with Crippen LogP contribution < -0.4 is 20.3 Å². The lowest BCUT2D eigenvalue weighted by Gasteiger charge is -2.18. The molecule has 8 heteroatoms. The van der Waals surface area contributed by atoms with Crippen molar-refractivity contribution in [3.05, 3.63) is 60.4 Å². The Morgan fingerprint density at radius 1 is 1.00 bits per heavy atom. The lowest BCUT2D eigenvalue weighted by atomic mass is 10.0. The van der Waals surface area contributed by atoms with Crippen molar-refractivity contribution in [3.8, 4) is 16.9 Å². The molecule has 0 saturated carbocycles. The molecule has 0 aliphatic heterocycles. The fourth-order valence-corrected chi connectivity index (χ4v) is 3.51. The van der Waals surface area contributed by atoms with Gasteiger partial charge in [-0.2, -0.15) is 0 Å². The zero-order valence-corrected chi connectivity index (χ0v) is 21.3. The first-order valence-electron chi connectivity index (χ1n) is 11.7. The highest BCUT2D eigenvalue weighted by molar-refractivity contribution is 5.83. The van der Waals surface area contributed by atoms with Crippen LogP contribution >= 0.6 is 0 Å². The maximum atomic E-state index is 12.0. The van der Waals surface area contributed by atoms with E-state index in [4.69, 9.17) is 9.47 Å². The molecule has 1 atom stereocenters. The Morgan fingerprint density at radius 3 is 2.34 bits per heavy atom. The van der Waals surface area contributed by atoms with Crippen molar-refractivity contribution in [2.24, 2.45) is 5.92 Å². The van der Waals surface area contributed by atoms with Gasteiger partial charge in [0.25, 0.3) is 0 Å². The predicted molar refractivity (Wildman–Crippen MR) is 141 cm³/mol. The molecule has 0 radical (unpaired) electrons. The molecular weight excluding hydrogens is 442 g/mol. The van der Waals surface area contributed by atoms with Crippen molar-refractivity contribution in [1.82, 2.24) is 9.97 Å². The largest absolute Gasteiger partial charge is 0.495 e. The molecular formula is C27H35N5O3. The van der Waals surface area contributed by atoms with E-state index < -0.39 is 6.09 Å². The lowest BCUT2D eigenvalue weighted by molar-refractivity contribution is 0.155. The van der Waals surface area contributed by atoms with Crippen LogP contribution in [-0.4, -0.2) is 43.9 Å². The van der Waals surface area contributed by atoms with Gasteiger partial charge < -0.3 is 19.7 Å². The van der Waals surface area contributed by atoms with Gasteiger partial charge in [0.1, 0.15) is 11.6 Å². The average molecular weight is 478 g/mol. The number of nitrogens with zero attached hydrogens (tertiary/aromatic N) is 3. The molecule has 0 bridgehead atoms. The Morgan fingerprint density at radius 2 is 1.69 bits per heavy atom. The number of methoxy groups -OCH3 is 1. The van der Waals surface area contributed by atoms with E-state index >= 15 is 0 Å². The van der Waals surface area contributed by atoms with Gasteiger partial charge in [-0.3, -0.25) is 10.3 Å². The highest BCUT2D eigenvalue weighted by Gasteiger charge is 2.11. The number of amides is 1. The molecule has 2 N–H and O–H groups in total. The summed E-state index contributed by atoms with van der Waals surface area (Å²) in [5.41, 5.74) is 4.36. The van der Waals surface area contributed by atoms with Gasteiger partial charge in [-0.05, 0) is 48.1 Å². The van der Waals surface area contributed by atoms with Crippen LogP contribution in [0.1, 0.15) is 38.8 Å². The topological polar surface area (TPSA) is 88.6 Å². The zero-order valence-electron chi connectivity index (χ0n) is 21.3. The molecule has 0 unspecified atom stereocenters. The van der Waals surface area contributed by atoms with Gasteiger partial charge in [-0.15, -0.1) is 0 Å². The van der Waals surface area contributed by atoms with E-state index in [0.717, 1.165) is 34.5 Å². The molecule has 1 amide bonds. The number of anilines is 3. The standard InChI is InChI=1S/C27H35N5O3/c1-18(2)13-14-35-27(33)31-26-17-28-16-25(30-26)29-19(3)20-7-9-21(10-8-20)22-11-12-24(34-6)23(15-22)32(4)5/h7-12,15-19H,13-14H2,1-6H3,(H2,29,30,31,33)/t19-/m0/s1. The first kappa shape index (κ1) is 25.8. The van der Waals surface area contributed by atoms with Crippen molar-refractivity contribution in [2.45, 2.75) is 33.2 Å². The molecule has 186 valence electrons. The van der Waals surface area contributed by atoms with Gasteiger partial charge in [-0.1, -0.05) is 44.2 Å². The van der Waals surface area contributed by atoms with Crippen LogP contribution in [0.3, 0.4) is 0 Å². The van der Waals surface area contributed by atoms with Crippen molar-refractivity contribution < 1.29 is 14.3 Å². The average Bonchev–Trinajstić information content (AvgIpc) is 2.83. The molecule has 0 aliphatic carbocycles. The molecule has 2 aromatic carbocycles. The number of carbonyl (C=O) groups is 1. The Hall–Kier alpha value is -3.81. The first-order valence-corrected chi connectivity index (χ1v) is 11.7. The SMILES string of the molecule is COc1ccc(-c2ccc([C@H](C)Nc3cncc(NC(=O)OCCC(C)C)n3)cc2)cc1N(C)C. The van der Waals surface area contributed by atoms with Crippen LogP contribution in [0.4, 0.5) is 22.1 Å². The minimum atomic E-state index is -0.531. The van der Waals surface area contributed by atoms with E-state index in [0.29, 0.717) is 24.2 Å². The number of carbonyl (C=O) groups excluding carboxylic acids is 1. The highest BCUT2D eigenvalue weighted by atomic mass is 16.5. The van der Waals surface area contributed by atoms with Crippen LogP contribution in [-0.2, 0) is 4.74 Å². The molecule has 1 heterocycles. The number of hydrogen-bond donors (Lipinski definition) is 2. The smallest absolute Gasteiger partial charge is 0.412 e. The maximum absolute atomic E-state index is 12.0. The van der Waals surface area contributed by atoms with E-state index in [-0.39, 0.29) is 6.04 Å². The highest BCUT2D eigenvalue weighted by Crippen LogP contribution is 2.33. The monoisotopic (exact) mass is 477 g/mol. The minimum absolute atomic E-state index is 0.0141. The fraction of sp³-hybridized carbons (Fsp3) is 0.370. The first-order chi connectivity index (χ1) is 16.8. The van der Waals surface area contributed by atoms with E-state index in [1.165, 1.54) is 6.20 Å². The summed E-state index contributed by atoms with van der Waals surface area (Å²) in [6, 6.07) is 14.5. The second kappa shape index (κ2) is 12.1. The fourth-order valence-electron chi connectivity index (χ4n) is 3.51. The Labute approximate surface area is 207 Å². The summed E-state index contributed by atoms with van der Waals surface area (Å²) in [5, 5.41) is 5.97. The zero-order chi connectivity index (χ0) is 25.4. The van der Waals surface area contributed by atoms with Crippen molar-refractivity contribution in [1.29, 1.82) is 0 Å². The van der Waals surface area contributed by atoms with Gasteiger partial charge in [-0.25, -0.2) is 9.78 Å². The summed E-state index contributed by atoms with van der Waals surface area (Å²) in [4.78, 5) is 22.6. The second-order valence-electron chi connectivity index (χ2n) is 9.00. The van der Waals surface area contributed by atoms with Crippen LogP contribution in [0, 0.1) is 5.92 Å². The second-order valence-corrected chi connectivity index (χ2v) is 9.00. The third-order valence-electron chi connectivity index (χ3n) is 5.56. The quantitative estimate of drug-likeness (QED) is 0.371. The van der Waals surface area contributed by atoms with Gasteiger partial charge in [0.15, 0.2) is 5.82 Å². The number of hydrogen-bond acceptors (Lipinski definition) is 7. The van der Waals surface area contributed by atoms with Gasteiger partial charge >= 0.3 is 6.09 Å². The molecule has 0 saturated heterocycles. The summed E-state index contributed by atoms with van der Waals surface area (Å²) in [6.45, 7) is 6.58. The number of rotatable bonds is 10. The third kappa shape index (κ3) is 7.34. The molecule has 35 heavy (non-hydrogen) atoms. The summed E-state index contributed by atoms with van der Waals surface area (Å²) in [7, 11) is 5.68. The van der Waals surface area contributed by atoms with Crippen molar-refractivity contribution >= 4 is 23.4 Å². The van der Waals surface area contributed by atoms with Gasteiger partial charge in [0, 0.05) is 20.1 Å². The molecule has 0 fully saturated rings. The van der Waals surface area contributed by atoms with Gasteiger partial charge in [0.05, 0.1) is 31.8 Å². The van der Waals surface area contributed by atoms with E-state index in [9.17, 15) is 4.79 Å². The minimum Gasteiger partial charge on any atom is -0.495 e. The Kier molecular flexibility index (Phi) is 8.89. The van der Waals surface area contributed by atoms with Crippen LogP contribution in [0.25, 0.3) is 11.1 Å². The summed E-state index contributed by atoms with van der Waals surface area (Å²) < 4.78 is 10.6. The maximum Gasteiger partial charge on any atom is 0.412 e. The summed E-state index contributed by atoms with van der Waals surface area (Å²) in [5.74, 6) is 2.21.